The average molecular weight is 968 g/mol. The zero-order valence-electron chi connectivity index (χ0n) is 41.5. The zero-order chi connectivity index (χ0) is 50.4. The number of carbonyl (C=O) groups is 2. The Balaban J connectivity index is 0.000000193. The maximum atomic E-state index is 13.4. The second kappa shape index (κ2) is 24.1. The lowest BCUT2D eigenvalue weighted by atomic mass is 10.1. The number of imidazole rings is 2. The first-order valence-corrected chi connectivity index (χ1v) is 24.5. The maximum Gasteiger partial charge on any atom is 0.255 e. The second-order valence-corrected chi connectivity index (χ2v) is 17.7. The van der Waals surface area contributed by atoms with Crippen molar-refractivity contribution in [1.82, 2.24) is 48.7 Å². The highest BCUT2D eigenvalue weighted by atomic mass is 16.5. The molecule has 0 N–H and O–H groups in total. The number of aromatic nitrogens is 6. The first-order chi connectivity index (χ1) is 35.2. The summed E-state index contributed by atoms with van der Waals surface area (Å²) < 4.78 is 15.4. The number of nitrogens with zero attached hydrogens (tertiary/aromatic N) is 13. The van der Waals surface area contributed by atoms with Crippen LogP contribution in [0, 0.1) is 22.7 Å². The molecule has 2 aliphatic heterocycles. The Morgan fingerprint density at radius 1 is 0.653 bits per heavy atom. The van der Waals surface area contributed by atoms with E-state index in [0.717, 1.165) is 91.6 Å². The molecule has 17 nitrogen and oxygen atoms in total. The third-order valence-electron chi connectivity index (χ3n) is 13.1. The summed E-state index contributed by atoms with van der Waals surface area (Å²) in [5.74, 6) is 1.88. The number of hydrogen-bond donors (Lipinski definition) is 0. The molecule has 2 fully saturated rings. The monoisotopic (exact) mass is 967 g/mol. The van der Waals surface area contributed by atoms with Crippen LogP contribution in [0.15, 0.2) is 116 Å². The van der Waals surface area contributed by atoms with Crippen molar-refractivity contribution in [2.24, 2.45) is 0 Å². The summed E-state index contributed by atoms with van der Waals surface area (Å²) in [5, 5.41) is 18.8. The highest BCUT2D eigenvalue weighted by Gasteiger charge is 2.27. The minimum Gasteiger partial charge on any atom is -0.490 e. The van der Waals surface area contributed by atoms with E-state index < -0.39 is 0 Å². The Morgan fingerprint density at radius 3 is 1.68 bits per heavy atom. The van der Waals surface area contributed by atoms with Crippen molar-refractivity contribution in [2.75, 3.05) is 84.1 Å². The van der Waals surface area contributed by atoms with Crippen molar-refractivity contribution in [3.63, 3.8) is 0 Å². The molecule has 0 spiro atoms. The first kappa shape index (κ1) is 50.3. The van der Waals surface area contributed by atoms with Crippen molar-refractivity contribution in [1.29, 1.82) is 10.5 Å². The number of benzene rings is 3. The van der Waals surface area contributed by atoms with Crippen molar-refractivity contribution in [3.05, 3.63) is 161 Å². The van der Waals surface area contributed by atoms with Crippen LogP contribution >= 0.6 is 0 Å². The first-order valence-electron chi connectivity index (χ1n) is 24.5. The van der Waals surface area contributed by atoms with Crippen molar-refractivity contribution in [2.45, 2.75) is 47.0 Å². The number of methoxy groups -OCH3 is 1. The predicted octanol–water partition coefficient (Wildman–Crippen LogP) is 6.72. The standard InChI is InChI=1S/C28H35N7O2.C27H26N6O2/c1-4-33(5-2)27-26(37-6-3)15-24(17-31-27)28(36)34-13-11-32(12-14-34)20-25-18-30-21-35(25)19-23-9-7-22(16-29)8-10-23;1-35-26-14-24(23-4-2-3-5-25(23)30-26)27(34)32-12-10-31(11-13-32)18-22-16-29-19-33(22)17-21-8-6-20(15-28)7-9-21/h7-10,15,17-18,21H,4-6,11-14,19-20H2,1-3H3;2-9,14,16,19H,10-13,17-18H2,1H3. The number of anilines is 1. The predicted molar refractivity (Wildman–Crippen MR) is 275 cm³/mol. The summed E-state index contributed by atoms with van der Waals surface area (Å²) in [6, 6.07) is 30.8. The third kappa shape index (κ3) is 12.2. The lowest BCUT2D eigenvalue weighted by molar-refractivity contribution is 0.0619. The number of nitriles is 2. The number of ether oxygens (including phenoxy) is 2. The van der Waals surface area contributed by atoms with E-state index in [1.807, 2.05) is 121 Å². The van der Waals surface area contributed by atoms with Gasteiger partial charge in [0.15, 0.2) is 11.6 Å². The van der Waals surface area contributed by atoms with E-state index in [2.05, 4.69) is 69.8 Å². The average Bonchev–Trinajstić information content (AvgIpc) is 4.07. The number of para-hydroxylation sites is 1. The smallest absolute Gasteiger partial charge is 0.255 e. The molecule has 0 bridgehead atoms. The van der Waals surface area contributed by atoms with Crippen LogP contribution < -0.4 is 14.4 Å². The van der Waals surface area contributed by atoms with E-state index in [1.165, 1.54) is 0 Å². The number of rotatable bonds is 16. The molecule has 2 saturated heterocycles. The number of pyridine rings is 2. The molecule has 3 aromatic carbocycles. The van der Waals surface area contributed by atoms with Gasteiger partial charge in [0.1, 0.15) is 0 Å². The SMILES string of the molecule is CCOc1cc(C(=O)N2CCN(Cc3cncn3Cc3ccc(C#N)cc3)CC2)cnc1N(CC)CC.COc1cc(C(=O)N2CCN(Cc3cncn3Cc3ccc(C#N)cc3)CC2)c2ccccc2n1. The Hall–Kier alpha value is -8.12. The van der Waals surface area contributed by atoms with Crippen LogP contribution in [0.5, 0.6) is 11.6 Å². The highest BCUT2D eigenvalue weighted by molar-refractivity contribution is 6.06. The molecule has 9 rings (SSSR count). The summed E-state index contributed by atoms with van der Waals surface area (Å²) in [4.78, 5) is 55.0. The third-order valence-corrected chi connectivity index (χ3v) is 13.1. The minimum absolute atomic E-state index is 0.00686. The Kier molecular flexibility index (Phi) is 16.9. The summed E-state index contributed by atoms with van der Waals surface area (Å²) in [5.41, 5.74) is 7.76. The fourth-order valence-corrected chi connectivity index (χ4v) is 9.05. The van der Waals surface area contributed by atoms with Gasteiger partial charge in [0.25, 0.3) is 11.8 Å². The van der Waals surface area contributed by atoms with E-state index in [1.54, 1.807) is 19.4 Å². The van der Waals surface area contributed by atoms with E-state index in [4.69, 9.17) is 20.0 Å². The Labute approximate surface area is 421 Å². The molecular weight excluding hydrogens is 907 g/mol. The fourth-order valence-electron chi connectivity index (χ4n) is 9.05. The molecule has 72 heavy (non-hydrogen) atoms. The molecule has 0 atom stereocenters. The zero-order valence-corrected chi connectivity index (χ0v) is 41.5. The van der Waals surface area contributed by atoms with Gasteiger partial charge in [0.05, 0.1) is 77.7 Å². The molecule has 370 valence electrons. The Morgan fingerprint density at radius 2 is 1.18 bits per heavy atom. The number of hydrogen-bond acceptors (Lipinski definition) is 13. The van der Waals surface area contributed by atoms with Gasteiger partial charge in [-0.2, -0.15) is 10.5 Å². The Bertz CT molecular complexity index is 3010. The molecule has 17 heteroatoms. The largest absolute Gasteiger partial charge is 0.490 e. The second-order valence-electron chi connectivity index (χ2n) is 17.7. The van der Waals surface area contributed by atoms with Gasteiger partial charge in [-0.25, -0.2) is 19.9 Å². The van der Waals surface area contributed by atoms with Gasteiger partial charge >= 0.3 is 0 Å². The molecule has 7 aromatic rings. The van der Waals surface area contributed by atoms with Gasteiger partial charge in [0, 0.05) is 122 Å². The van der Waals surface area contributed by atoms with Crippen molar-refractivity contribution in [3.8, 4) is 23.8 Å². The number of amides is 2. The lowest BCUT2D eigenvalue weighted by Gasteiger charge is -2.35. The fraction of sp³-hybridized carbons (Fsp3) is 0.345. The number of fused-ring (bicyclic) bond motifs is 1. The van der Waals surface area contributed by atoms with E-state index in [-0.39, 0.29) is 11.8 Å². The van der Waals surface area contributed by atoms with Gasteiger partial charge in [-0.15, -0.1) is 0 Å². The topological polar surface area (TPSA) is 178 Å². The van der Waals surface area contributed by atoms with Gasteiger partial charge in [-0.3, -0.25) is 19.4 Å². The molecule has 2 amide bonds. The number of piperazine rings is 2. The molecule has 6 heterocycles. The molecule has 4 aromatic heterocycles. The molecule has 0 saturated carbocycles. The number of carbonyl (C=O) groups excluding carboxylic acids is 2. The van der Waals surface area contributed by atoms with Crippen LogP contribution in [0.25, 0.3) is 10.9 Å². The molecule has 0 aliphatic carbocycles. The quantitative estimate of drug-likeness (QED) is 0.0999. The van der Waals surface area contributed by atoms with Gasteiger partial charge in [-0.1, -0.05) is 42.5 Å². The maximum absolute atomic E-state index is 13.4. The summed E-state index contributed by atoms with van der Waals surface area (Å²) in [6.07, 6.45) is 9.16. The molecule has 0 unspecified atom stereocenters. The van der Waals surface area contributed by atoms with Gasteiger partial charge in [-0.05, 0) is 68.3 Å². The van der Waals surface area contributed by atoms with E-state index in [0.29, 0.717) is 79.8 Å². The summed E-state index contributed by atoms with van der Waals surface area (Å²) in [6.45, 7) is 17.0. The van der Waals surface area contributed by atoms with Crippen molar-refractivity contribution >= 4 is 28.5 Å². The van der Waals surface area contributed by atoms with E-state index >= 15 is 0 Å². The van der Waals surface area contributed by atoms with Gasteiger partial charge < -0.3 is 33.3 Å². The van der Waals surface area contributed by atoms with Gasteiger partial charge in [0.2, 0.25) is 5.88 Å². The van der Waals surface area contributed by atoms with E-state index in [9.17, 15) is 9.59 Å². The molecule has 0 radical (unpaired) electrons. The van der Waals surface area contributed by atoms with Crippen LogP contribution in [0.4, 0.5) is 5.82 Å². The lowest BCUT2D eigenvalue weighted by Crippen LogP contribution is -2.48. The van der Waals surface area contributed by atoms with Crippen LogP contribution in [0.2, 0.25) is 0 Å². The highest BCUT2D eigenvalue weighted by Crippen LogP contribution is 2.28. The van der Waals surface area contributed by atoms with Crippen LogP contribution in [0.1, 0.15) is 75.1 Å². The molecular formula is C55H61N13O4. The minimum atomic E-state index is -0.00921. The van der Waals surface area contributed by atoms with Crippen molar-refractivity contribution < 1.29 is 19.1 Å². The van der Waals surface area contributed by atoms with Crippen LogP contribution in [0.3, 0.4) is 0 Å². The summed E-state index contributed by atoms with van der Waals surface area (Å²) in [7, 11) is 1.57. The van der Waals surface area contributed by atoms with Crippen LogP contribution in [-0.4, -0.2) is 140 Å². The summed E-state index contributed by atoms with van der Waals surface area (Å²) >= 11 is 0. The van der Waals surface area contributed by atoms with Crippen LogP contribution in [-0.2, 0) is 26.2 Å². The normalized spacial score (nSPS) is 14.0. The molecule has 2 aliphatic rings.